The van der Waals surface area contributed by atoms with Crippen LogP contribution in [0.4, 0.5) is 0 Å². The van der Waals surface area contributed by atoms with Crippen molar-refractivity contribution in [2.24, 2.45) is 7.05 Å². The fraction of sp³-hybridized carbons (Fsp3) is 0.562. The molecular weight excluding hydrogens is 330 g/mol. The second kappa shape index (κ2) is 7.27. The lowest BCUT2D eigenvalue weighted by Gasteiger charge is -2.18. The van der Waals surface area contributed by atoms with Gasteiger partial charge >= 0.3 is 0 Å². The predicted molar refractivity (Wildman–Crippen MR) is 88.5 cm³/mol. The summed E-state index contributed by atoms with van der Waals surface area (Å²) in [7, 11) is 2.01. The smallest absolute Gasteiger partial charge is 0.105 e. The van der Waals surface area contributed by atoms with Crippen LogP contribution < -0.4 is 5.32 Å². The highest BCUT2D eigenvalue weighted by molar-refractivity contribution is 9.10. The molecule has 0 saturated carbocycles. The van der Waals surface area contributed by atoms with Crippen molar-refractivity contribution in [3.63, 3.8) is 0 Å². The summed E-state index contributed by atoms with van der Waals surface area (Å²) in [6.45, 7) is 7.32. The third-order valence-corrected chi connectivity index (χ3v) is 4.73. The molecule has 0 aliphatic heterocycles. The first kappa shape index (κ1) is 16.3. The van der Waals surface area contributed by atoms with E-state index in [0.717, 1.165) is 41.7 Å². The number of hydrogen-bond acceptors (Lipinski definition) is 3. The first-order valence-corrected chi connectivity index (χ1v) is 8.35. The Labute approximate surface area is 135 Å². The molecule has 21 heavy (non-hydrogen) atoms. The van der Waals surface area contributed by atoms with Gasteiger partial charge in [-0.2, -0.15) is 5.10 Å². The number of aromatic nitrogens is 2. The van der Waals surface area contributed by atoms with Gasteiger partial charge in [0.2, 0.25) is 0 Å². The molecule has 2 heterocycles. The van der Waals surface area contributed by atoms with Crippen LogP contribution in [-0.2, 0) is 19.9 Å². The van der Waals surface area contributed by atoms with Crippen LogP contribution in [0.25, 0.3) is 0 Å². The second-order valence-electron chi connectivity index (χ2n) is 5.33. The summed E-state index contributed by atoms with van der Waals surface area (Å²) >= 11 is 3.71. The highest BCUT2D eigenvalue weighted by atomic mass is 79.9. The molecule has 4 nitrogen and oxygen atoms in total. The molecule has 5 heteroatoms. The van der Waals surface area contributed by atoms with Crippen molar-refractivity contribution in [3.05, 3.63) is 39.5 Å². The molecule has 0 saturated heterocycles. The Morgan fingerprint density at radius 3 is 2.71 bits per heavy atom. The van der Waals surface area contributed by atoms with Crippen LogP contribution in [0.5, 0.6) is 0 Å². The van der Waals surface area contributed by atoms with E-state index in [9.17, 15) is 0 Å². The maximum atomic E-state index is 5.48. The Hall–Kier alpha value is -1.07. The Morgan fingerprint density at radius 2 is 2.19 bits per heavy atom. The fourth-order valence-corrected chi connectivity index (χ4v) is 3.38. The summed E-state index contributed by atoms with van der Waals surface area (Å²) in [5, 5.41) is 8.21. The summed E-state index contributed by atoms with van der Waals surface area (Å²) in [5.41, 5.74) is 3.57. The summed E-state index contributed by atoms with van der Waals surface area (Å²) in [6.07, 6.45) is 4.71. The van der Waals surface area contributed by atoms with E-state index in [4.69, 9.17) is 4.42 Å². The standard InChI is InChI=1S/C16H24BrN3O/c1-5-8-18-14(12-7-9-21-11(12)3)10-15-16(17)13(6-2)19-20(15)4/h7,9,14,18H,5-6,8,10H2,1-4H3. The van der Waals surface area contributed by atoms with Gasteiger partial charge in [-0.05, 0) is 48.3 Å². The molecule has 0 bridgehead atoms. The molecule has 0 aromatic carbocycles. The zero-order chi connectivity index (χ0) is 15.4. The van der Waals surface area contributed by atoms with Gasteiger partial charge in [0.25, 0.3) is 0 Å². The van der Waals surface area contributed by atoms with Crippen molar-refractivity contribution in [2.45, 2.75) is 46.1 Å². The number of halogens is 1. The van der Waals surface area contributed by atoms with Crippen LogP contribution in [-0.4, -0.2) is 16.3 Å². The predicted octanol–water partition coefficient (Wildman–Crippen LogP) is 3.93. The monoisotopic (exact) mass is 353 g/mol. The lowest BCUT2D eigenvalue weighted by Crippen LogP contribution is -2.25. The third-order valence-electron chi connectivity index (χ3n) is 3.82. The van der Waals surface area contributed by atoms with E-state index in [1.54, 1.807) is 6.26 Å². The van der Waals surface area contributed by atoms with Crippen molar-refractivity contribution in [1.29, 1.82) is 0 Å². The molecule has 1 N–H and O–H groups in total. The maximum absolute atomic E-state index is 5.48. The van der Waals surface area contributed by atoms with Gasteiger partial charge in [-0.1, -0.05) is 13.8 Å². The van der Waals surface area contributed by atoms with Crippen LogP contribution in [0.15, 0.2) is 21.2 Å². The maximum Gasteiger partial charge on any atom is 0.105 e. The first-order chi connectivity index (χ1) is 10.1. The number of nitrogens with one attached hydrogen (secondary N) is 1. The number of rotatable bonds is 7. The minimum absolute atomic E-state index is 0.250. The van der Waals surface area contributed by atoms with Gasteiger partial charge in [0.1, 0.15) is 5.76 Å². The van der Waals surface area contributed by atoms with E-state index in [-0.39, 0.29) is 6.04 Å². The topological polar surface area (TPSA) is 43.0 Å². The first-order valence-electron chi connectivity index (χ1n) is 7.56. The highest BCUT2D eigenvalue weighted by Gasteiger charge is 2.21. The second-order valence-corrected chi connectivity index (χ2v) is 6.12. The van der Waals surface area contributed by atoms with Crippen LogP contribution in [0.2, 0.25) is 0 Å². The molecule has 0 aliphatic rings. The van der Waals surface area contributed by atoms with Gasteiger partial charge in [0.15, 0.2) is 0 Å². The molecule has 2 aromatic rings. The molecule has 2 rings (SSSR count). The van der Waals surface area contributed by atoms with Crippen molar-refractivity contribution in [3.8, 4) is 0 Å². The van der Waals surface area contributed by atoms with Crippen molar-refractivity contribution < 1.29 is 4.42 Å². The third kappa shape index (κ3) is 3.58. The van der Waals surface area contributed by atoms with E-state index < -0.39 is 0 Å². The van der Waals surface area contributed by atoms with Crippen molar-refractivity contribution in [1.82, 2.24) is 15.1 Å². The average Bonchev–Trinajstić information content (AvgIpc) is 3.00. The van der Waals surface area contributed by atoms with Gasteiger partial charge in [-0.3, -0.25) is 4.68 Å². The van der Waals surface area contributed by atoms with Crippen LogP contribution in [0.1, 0.15) is 49.0 Å². The van der Waals surface area contributed by atoms with Gasteiger partial charge in [-0.15, -0.1) is 0 Å². The molecule has 0 radical (unpaired) electrons. The molecule has 116 valence electrons. The summed E-state index contributed by atoms with van der Waals surface area (Å²) < 4.78 is 8.60. The number of hydrogen-bond donors (Lipinski definition) is 1. The van der Waals surface area contributed by atoms with E-state index in [1.165, 1.54) is 11.3 Å². The lowest BCUT2D eigenvalue weighted by atomic mass is 10.0. The zero-order valence-electron chi connectivity index (χ0n) is 13.2. The van der Waals surface area contributed by atoms with Crippen molar-refractivity contribution in [2.75, 3.05) is 6.54 Å². The van der Waals surface area contributed by atoms with E-state index in [0.29, 0.717) is 0 Å². The molecule has 1 unspecified atom stereocenters. The van der Waals surface area contributed by atoms with E-state index >= 15 is 0 Å². The van der Waals surface area contributed by atoms with Gasteiger partial charge in [0.05, 0.1) is 22.1 Å². The zero-order valence-corrected chi connectivity index (χ0v) is 14.8. The van der Waals surface area contributed by atoms with Gasteiger partial charge in [-0.25, -0.2) is 0 Å². The van der Waals surface area contributed by atoms with E-state index in [2.05, 4.69) is 46.3 Å². The molecule has 1 atom stereocenters. The Kier molecular flexibility index (Phi) is 5.65. The molecule has 0 aliphatic carbocycles. The fourth-order valence-electron chi connectivity index (χ4n) is 2.60. The quantitative estimate of drug-likeness (QED) is 0.819. The molecule has 0 amide bonds. The average molecular weight is 354 g/mol. The number of aryl methyl sites for hydroxylation is 3. The van der Waals surface area contributed by atoms with E-state index in [1.807, 2.05) is 18.7 Å². The summed E-state index contributed by atoms with van der Waals surface area (Å²) in [5.74, 6) is 0.984. The largest absolute Gasteiger partial charge is 0.469 e. The van der Waals surface area contributed by atoms with Crippen molar-refractivity contribution >= 4 is 15.9 Å². The minimum Gasteiger partial charge on any atom is -0.469 e. The van der Waals surface area contributed by atoms with Crippen LogP contribution >= 0.6 is 15.9 Å². The van der Waals surface area contributed by atoms with Crippen LogP contribution in [0.3, 0.4) is 0 Å². The lowest BCUT2D eigenvalue weighted by molar-refractivity contribution is 0.485. The minimum atomic E-state index is 0.250. The Bertz CT molecular complexity index is 588. The number of nitrogens with zero attached hydrogens (tertiary/aromatic N) is 2. The summed E-state index contributed by atoms with van der Waals surface area (Å²) in [6, 6.07) is 2.31. The SMILES string of the molecule is CCCNC(Cc1c(Br)c(CC)nn1C)c1ccoc1C. The molecular formula is C16H24BrN3O. The number of furan rings is 1. The Morgan fingerprint density at radius 1 is 1.43 bits per heavy atom. The molecule has 0 fully saturated rings. The summed E-state index contributed by atoms with van der Waals surface area (Å²) in [4.78, 5) is 0. The Balaban J connectivity index is 2.27. The highest BCUT2D eigenvalue weighted by Crippen LogP contribution is 2.28. The van der Waals surface area contributed by atoms with Gasteiger partial charge in [0, 0.05) is 25.1 Å². The van der Waals surface area contributed by atoms with Crippen LogP contribution in [0, 0.1) is 6.92 Å². The molecule has 0 spiro atoms. The van der Waals surface area contributed by atoms with Gasteiger partial charge < -0.3 is 9.73 Å². The molecule has 2 aromatic heterocycles. The normalized spacial score (nSPS) is 12.8.